The van der Waals surface area contributed by atoms with Gasteiger partial charge in [0, 0.05) is 5.56 Å². The van der Waals surface area contributed by atoms with Crippen LogP contribution in [0, 0.1) is 0 Å². The molecule has 4 aromatic rings. The first-order chi connectivity index (χ1) is 15.1. The first-order valence-corrected chi connectivity index (χ1v) is 9.62. The van der Waals surface area contributed by atoms with Gasteiger partial charge in [0.25, 0.3) is 0 Å². The van der Waals surface area contributed by atoms with E-state index >= 15 is 0 Å². The third kappa shape index (κ3) is 4.00. The van der Waals surface area contributed by atoms with Crippen molar-refractivity contribution in [3.63, 3.8) is 0 Å². The molecule has 0 N–H and O–H groups in total. The zero-order chi connectivity index (χ0) is 21.8. The van der Waals surface area contributed by atoms with E-state index in [1.54, 1.807) is 18.2 Å². The Balaban J connectivity index is 1.88. The van der Waals surface area contributed by atoms with Crippen LogP contribution in [-0.2, 0) is 0 Å². The molecule has 0 spiro atoms. The number of ketones is 1. The number of methoxy groups -OCH3 is 3. The number of benzene rings is 3. The van der Waals surface area contributed by atoms with Crippen molar-refractivity contribution in [2.45, 2.75) is 0 Å². The molecule has 1 aromatic heterocycles. The third-order valence-electron chi connectivity index (χ3n) is 4.81. The van der Waals surface area contributed by atoms with Gasteiger partial charge in [-0.25, -0.2) is 4.98 Å². The Morgan fingerprint density at radius 1 is 0.871 bits per heavy atom. The maximum Gasteiger partial charge on any atom is 0.231 e. The largest absolute Gasteiger partial charge is 0.493 e. The van der Waals surface area contributed by atoms with Crippen molar-refractivity contribution in [2.24, 2.45) is 0 Å². The molecule has 0 fully saturated rings. The van der Waals surface area contributed by atoms with Crippen molar-refractivity contribution in [3.8, 4) is 17.2 Å². The number of hydrogen-bond donors (Lipinski definition) is 0. The summed E-state index contributed by atoms with van der Waals surface area (Å²) in [5.74, 6) is 1.15. The van der Waals surface area contributed by atoms with Gasteiger partial charge < -0.3 is 18.6 Å². The zero-order valence-electron chi connectivity index (χ0n) is 17.4. The summed E-state index contributed by atoms with van der Waals surface area (Å²) in [6.45, 7) is 0. The summed E-state index contributed by atoms with van der Waals surface area (Å²) in [7, 11) is 4.53. The lowest BCUT2D eigenvalue weighted by atomic mass is 10.00. The number of allylic oxidation sites excluding steroid dienone is 1. The van der Waals surface area contributed by atoms with Crippen LogP contribution in [0.1, 0.15) is 21.8 Å². The molecule has 156 valence electrons. The van der Waals surface area contributed by atoms with Crippen molar-refractivity contribution in [1.82, 2.24) is 4.98 Å². The van der Waals surface area contributed by atoms with Crippen LogP contribution in [0.5, 0.6) is 17.2 Å². The minimum Gasteiger partial charge on any atom is -0.493 e. The molecule has 0 bridgehead atoms. The molecule has 3 aromatic carbocycles. The van der Waals surface area contributed by atoms with Crippen LogP contribution in [0.15, 0.2) is 71.1 Å². The van der Waals surface area contributed by atoms with Gasteiger partial charge in [0.1, 0.15) is 5.52 Å². The predicted molar refractivity (Wildman–Crippen MR) is 119 cm³/mol. The van der Waals surface area contributed by atoms with Gasteiger partial charge in [-0.3, -0.25) is 4.79 Å². The number of carbonyl (C=O) groups excluding carboxylic acids is 1. The molecule has 0 radical (unpaired) electrons. The van der Waals surface area contributed by atoms with Crippen LogP contribution in [-0.4, -0.2) is 32.1 Å². The maximum atomic E-state index is 13.6. The Labute approximate surface area is 179 Å². The van der Waals surface area contributed by atoms with E-state index in [9.17, 15) is 4.79 Å². The minimum atomic E-state index is -0.283. The first-order valence-electron chi connectivity index (χ1n) is 9.62. The Hall–Kier alpha value is -4.06. The molecule has 0 aliphatic heterocycles. The number of carbonyl (C=O) groups is 1. The highest BCUT2D eigenvalue weighted by Crippen LogP contribution is 2.39. The van der Waals surface area contributed by atoms with Gasteiger partial charge in [-0.15, -0.1) is 0 Å². The van der Waals surface area contributed by atoms with Gasteiger partial charge in [-0.05, 0) is 35.9 Å². The molecule has 0 aliphatic rings. The molecule has 31 heavy (non-hydrogen) atoms. The van der Waals surface area contributed by atoms with Gasteiger partial charge in [0.15, 0.2) is 22.9 Å². The number of oxazole rings is 1. The monoisotopic (exact) mass is 415 g/mol. The lowest BCUT2D eigenvalue weighted by Crippen LogP contribution is -2.05. The highest BCUT2D eigenvalue weighted by molar-refractivity contribution is 6.31. The van der Waals surface area contributed by atoms with Crippen molar-refractivity contribution < 1.29 is 23.4 Å². The van der Waals surface area contributed by atoms with E-state index in [1.807, 2.05) is 54.6 Å². The highest BCUT2D eigenvalue weighted by atomic mass is 16.5. The minimum absolute atomic E-state index is 0.240. The zero-order valence-corrected chi connectivity index (χ0v) is 17.4. The summed E-state index contributed by atoms with van der Waals surface area (Å²) < 4.78 is 22.1. The first kappa shape index (κ1) is 20.2. The summed E-state index contributed by atoms with van der Waals surface area (Å²) >= 11 is 0. The Kier molecular flexibility index (Phi) is 5.71. The number of hydrogen-bond acceptors (Lipinski definition) is 6. The van der Waals surface area contributed by atoms with E-state index in [0.717, 1.165) is 5.56 Å². The van der Waals surface area contributed by atoms with Crippen molar-refractivity contribution in [3.05, 3.63) is 83.7 Å². The fourth-order valence-electron chi connectivity index (χ4n) is 3.30. The summed E-state index contributed by atoms with van der Waals surface area (Å²) in [4.78, 5) is 18.2. The predicted octanol–water partition coefficient (Wildman–Crippen LogP) is 5.28. The number of aromatic nitrogens is 1. The van der Waals surface area contributed by atoms with Gasteiger partial charge >= 0.3 is 0 Å². The van der Waals surface area contributed by atoms with Crippen LogP contribution in [0.4, 0.5) is 0 Å². The van der Waals surface area contributed by atoms with Crippen molar-refractivity contribution in [1.29, 1.82) is 0 Å². The SMILES string of the molecule is COc1cc(C(=O)C(=Cc2ccccc2)c2nc3ccccc3o2)cc(OC)c1OC. The van der Waals surface area contributed by atoms with Gasteiger partial charge in [-0.1, -0.05) is 42.5 Å². The standard InChI is InChI=1S/C25H21NO5/c1-28-21-14-17(15-22(29-2)24(21)30-3)23(27)18(13-16-9-5-4-6-10-16)25-26-19-11-7-8-12-20(19)31-25/h4-15H,1-3H3. The van der Waals surface area contributed by atoms with Crippen LogP contribution in [0.3, 0.4) is 0 Å². The van der Waals surface area contributed by atoms with E-state index in [4.69, 9.17) is 18.6 Å². The highest BCUT2D eigenvalue weighted by Gasteiger charge is 2.23. The van der Waals surface area contributed by atoms with E-state index in [1.165, 1.54) is 21.3 Å². The lowest BCUT2D eigenvalue weighted by molar-refractivity contribution is 0.105. The third-order valence-corrected chi connectivity index (χ3v) is 4.81. The molecule has 0 unspecified atom stereocenters. The summed E-state index contributed by atoms with van der Waals surface area (Å²) in [6, 6.07) is 20.2. The molecule has 0 atom stereocenters. The molecule has 0 aliphatic carbocycles. The number of rotatable bonds is 7. The van der Waals surface area contributed by atoms with E-state index < -0.39 is 0 Å². The van der Waals surface area contributed by atoms with Gasteiger partial charge in [0.05, 0.1) is 26.9 Å². The van der Waals surface area contributed by atoms with Crippen LogP contribution in [0.25, 0.3) is 22.7 Å². The average Bonchev–Trinajstić information content (AvgIpc) is 3.25. The quantitative estimate of drug-likeness (QED) is 0.302. The Morgan fingerprint density at radius 2 is 1.52 bits per heavy atom. The number of nitrogens with zero attached hydrogens (tertiary/aromatic N) is 1. The summed E-state index contributed by atoms with van der Waals surface area (Å²) in [5.41, 5.74) is 2.81. The fourth-order valence-corrected chi connectivity index (χ4v) is 3.30. The molecule has 0 amide bonds. The molecular formula is C25H21NO5. The molecule has 6 heteroatoms. The van der Waals surface area contributed by atoms with E-state index in [2.05, 4.69) is 4.98 Å². The molecule has 0 saturated carbocycles. The van der Waals surface area contributed by atoms with Gasteiger partial charge in [0.2, 0.25) is 11.6 Å². The Morgan fingerprint density at radius 3 is 2.13 bits per heavy atom. The van der Waals surface area contributed by atoms with Crippen molar-refractivity contribution >= 4 is 28.5 Å². The topological polar surface area (TPSA) is 70.8 Å². The summed E-state index contributed by atoms with van der Waals surface area (Å²) in [5, 5.41) is 0. The fraction of sp³-hybridized carbons (Fsp3) is 0.120. The Bertz CT molecular complexity index is 1200. The molecule has 4 rings (SSSR count). The second-order valence-corrected chi connectivity index (χ2v) is 6.70. The van der Waals surface area contributed by atoms with Crippen LogP contribution < -0.4 is 14.2 Å². The number of ether oxygens (including phenoxy) is 3. The average molecular weight is 415 g/mol. The maximum absolute atomic E-state index is 13.6. The van der Waals surface area contributed by atoms with Crippen LogP contribution in [0.2, 0.25) is 0 Å². The number of para-hydroxylation sites is 2. The molecular weight excluding hydrogens is 394 g/mol. The van der Waals surface area contributed by atoms with E-state index in [-0.39, 0.29) is 11.7 Å². The summed E-state index contributed by atoms with van der Waals surface area (Å²) in [6.07, 6.45) is 1.76. The van der Waals surface area contributed by atoms with Crippen molar-refractivity contribution in [2.75, 3.05) is 21.3 Å². The number of Topliss-reactive ketones (excluding diaryl/α,β-unsaturated/α-hetero) is 1. The number of fused-ring (bicyclic) bond motifs is 1. The second kappa shape index (κ2) is 8.75. The van der Waals surface area contributed by atoms with Gasteiger partial charge in [-0.2, -0.15) is 0 Å². The normalized spacial score (nSPS) is 11.4. The molecule has 1 heterocycles. The van der Waals surface area contributed by atoms with E-state index in [0.29, 0.717) is 39.5 Å². The molecule has 0 saturated heterocycles. The van der Waals surface area contributed by atoms with Crippen LogP contribution >= 0.6 is 0 Å². The molecule has 6 nitrogen and oxygen atoms in total. The second-order valence-electron chi connectivity index (χ2n) is 6.70. The smallest absolute Gasteiger partial charge is 0.231 e. The lowest BCUT2D eigenvalue weighted by Gasteiger charge is -2.14.